The van der Waals surface area contributed by atoms with Gasteiger partial charge in [0.05, 0.1) is 5.52 Å². The first-order valence-corrected chi connectivity index (χ1v) is 7.16. The van der Waals surface area contributed by atoms with Crippen molar-refractivity contribution < 1.29 is 0 Å². The molecule has 2 nitrogen and oxygen atoms in total. The quantitative estimate of drug-likeness (QED) is 0.872. The lowest BCUT2D eigenvalue weighted by molar-refractivity contribution is 0.621. The van der Waals surface area contributed by atoms with Crippen LogP contribution in [0.3, 0.4) is 0 Å². The van der Waals surface area contributed by atoms with Crippen molar-refractivity contribution in [1.29, 1.82) is 0 Å². The number of nitrogens with zero attached hydrogens (tertiary/aromatic N) is 1. The number of rotatable bonds is 3. The third kappa shape index (κ3) is 1.67. The summed E-state index contributed by atoms with van der Waals surface area (Å²) >= 11 is 0. The smallest absolute Gasteiger partial charge is 0.0515 e. The first kappa shape index (κ1) is 10.6. The van der Waals surface area contributed by atoms with Crippen molar-refractivity contribution in [3.05, 3.63) is 35.0 Å². The van der Waals surface area contributed by atoms with Crippen molar-refractivity contribution in [3.8, 4) is 0 Å². The molecular weight excluding hydrogens is 220 g/mol. The maximum atomic E-state index is 3.62. The lowest BCUT2D eigenvalue weighted by Crippen LogP contribution is -2.16. The minimum Gasteiger partial charge on any atom is -0.345 e. The van der Waals surface area contributed by atoms with Crippen LogP contribution in [0.2, 0.25) is 0 Å². The van der Waals surface area contributed by atoms with Gasteiger partial charge in [-0.25, -0.2) is 0 Å². The second kappa shape index (κ2) is 3.86. The van der Waals surface area contributed by atoms with Crippen molar-refractivity contribution >= 4 is 10.9 Å². The van der Waals surface area contributed by atoms with Crippen molar-refractivity contribution in [2.75, 3.05) is 0 Å². The van der Waals surface area contributed by atoms with Crippen molar-refractivity contribution in [2.24, 2.45) is 0 Å². The third-order valence-electron chi connectivity index (χ3n) is 4.34. The summed E-state index contributed by atoms with van der Waals surface area (Å²) in [6.07, 6.45) is 5.27. The first-order chi connectivity index (χ1) is 8.81. The standard InChI is InChI=1S/C16H20N2/c1-11-7-14-9-12(10-17-15-4-5-15)8-13-3-2-6-18(11)16(13)14/h7-9,15,17H,2-6,10H2,1H3. The zero-order valence-electron chi connectivity index (χ0n) is 11.0. The second-order valence-electron chi connectivity index (χ2n) is 5.89. The maximum absolute atomic E-state index is 3.62. The van der Waals surface area contributed by atoms with Crippen LogP contribution >= 0.6 is 0 Å². The van der Waals surface area contributed by atoms with E-state index in [9.17, 15) is 0 Å². The molecule has 2 aliphatic rings. The van der Waals surface area contributed by atoms with E-state index in [2.05, 4.69) is 35.0 Å². The Labute approximate surface area is 108 Å². The molecule has 0 spiro atoms. The van der Waals surface area contributed by atoms with Gasteiger partial charge in [0, 0.05) is 30.2 Å². The fourth-order valence-corrected chi connectivity index (χ4v) is 3.26. The summed E-state index contributed by atoms with van der Waals surface area (Å²) in [6, 6.07) is 7.95. The van der Waals surface area contributed by atoms with E-state index in [-0.39, 0.29) is 0 Å². The summed E-state index contributed by atoms with van der Waals surface area (Å²) < 4.78 is 2.49. The zero-order valence-corrected chi connectivity index (χ0v) is 11.0. The zero-order chi connectivity index (χ0) is 12.1. The van der Waals surface area contributed by atoms with E-state index in [0.29, 0.717) is 0 Å². The average molecular weight is 240 g/mol. The molecule has 1 saturated carbocycles. The van der Waals surface area contributed by atoms with Crippen LogP contribution < -0.4 is 5.32 Å². The Kier molecular flexibility index (Phi) is 2.28. The van der Waals surface area contributed by atoms with Crippen LogP contribution in [0.1, 0.15) is 36.1 Å². The van der Waals surface area contributed by atoms with Crippen LogP contribution in [-0.2, 0) is 19.5 Å². The monoisotopic (exact) mass is 240 g/mol. The Morgan fingerprint density at radius 3 is 3.00 bits per heavy atom. The highest BCUT2D eigenvalue weighted by atomic mass is 15.0. The molecule has 1 fully saturated rings. The minimum atomic E-state index is 0.795. The first-order valence-electron chi connectivity index (χ1n) is 7.16. The maximum Gasteiger partial charge on any atom is 0.0515 e. The van der Waals surface area contributed by atoms with Gasteiger partial charge in [0.1, 0.15) is 0 Å². The van der Waals surface area contributed by atoms with Crippen molar-refractivity contribution in [3.63, 3.8) is 0 Å². The summed E-state index contributed by atoms with van der Waals surface area (Å²) in [5, 5.41) is 5.06. The average Bonchev–Trinajstić information content (AvgIpc) is 3.14. The molecule has 0 saturated heterocycles. The van der Waals surface area contributed by atoms with Gasteiger partial charge >= 0.3 is 0 Å². The minimum absolute atomic E-state index is 0.795. The molecule has 1 aliphatic heterocycles. The molecular formula is C16H20N2. The van der Waals surface area contributed by atoms with E-state index in [1.807, 2.05) is 0 Å². The molecule has 0 amide bonds. The number of benzene rings is 1. The van der Waals surface area contributed by atoms with Gasteiger partial charge in [-0.05, 0) is 55.9 Å². The van der Waals surface area contributed by atoms with Crippen LogP contribution in [0.15, 0.2) is 18.2 Å². The van der Waals surface area contributed by atoms with Crippen molar-refractivity contribution in [1.82, 2.24) is 9.88 Å². The second-order valence-corrected chi connectivity index (χ2v) is 5.89. The van der Waals surface area contributed by atoms with E-state index >= 15 is 0 Å². The fourth-order valence-electron chi connectivity index (χ4n) is 3.26. The van der Waals surface area contributed by atoms with E-state index in [1.54, 1.807) is 5.56 Å². The SMILES string of the molecule is Cc1cc2cc(CNC3CC3)cc3c2n1CCC3. The molecule has 1 aromatic carbocycles. The Morgan fingerprint density at radius 1 is 1.28 bits per heavy atom. The van der Waals surface area contributed by atoms with Crippen LogP contribution in [0.25, 0.3) is 10.9 Å². The Bertz CT molecular complexity index is 605. The predicted molar refractivity (Wildman–Crippen MR) is 74.9 cm³/mol. The molecule has 18 heavy (non-hydrogen) atoms. The number of aromatic nitrogens is 1. The molecule has 4 rings (SSSR count). The third-order valence-corrected chi connectivity index (χ3v) is 4.34. The Hall–Kier alpha value is -1.28. The predicted octanol–water partition coefficient (Wildman–Crippen LogP) is 3.15. The van der Waals surface area contributed by atoms with Gasteiger partial charge in [-0.3, -0.25) is 0 Å². The molecule has 1 aromatic heterocycles. The molecule has 0 atom stereocenters. The van der Waals surface area contributed by atoms with Crippen LogP contribution in [-0.4, -0.2) is 10.6 Å². The van der Waals surface area contributed by atoms with Crippen LogP contribution in [0.4, 0.5) is 0 Å². The molecule has 1 aliphatic carbocycles. The molecule has 2 heterocycles. The fraction of sp³-hybridized carbons (Fsp3) is 0.500. The summed E-state index contributed by atoms with van der Waals surface area (Å²) in [6.45, 7) is 4.47. The molecule has 2 aromatic rings. The number of aryl methyl sites for hydroxylation is 3. The summed E-state index contributed by atoms with van der Waals surface area (Å²) in [7, 11) is 0. The molecule has 0 bridgehead atoms. The van der Waals surface area contributed by atoms with Gasteiger partial charge in [0.25, 0.3) is 0 Å². The summed E-state index contributed by atoms with van der Waals surface area (Å²) in [5.41, 5.74) is 5.93. The van der Waals surface area contributed by atoms with E-state index < -0.39 is 0 Å². The topological polar surface area (TPSA) is 17.0 Å². The van der Waals surface area contributed by atoms with E-state index in [4.69, 9.17) is 0 Å². The summed E-state index contributed by atoms with van der Waals surface area (Å²) in [5.74, 6) is 0. The molecule has 2 heteroatoms. The van der Waals surface area contributed by atoms with Crippen LogP contribution in [0, 0.1) is 6.92 Å². The van der Waals surface area contributed by atoms with Gasteiger partial charge in [-0.15, -0.1) is 0 Å². The number of hydrogen-bond acceptors (Lipinski definition) is 1. The molecule has 1 N–H and O–H groups in total. The highest BCUT2D eigenvalue weighted by Crippen LogP contribution is 2.30. The Balaban J connectivity index is 1.77. The number of nitrogens with one attached hydrogen (secondary N) is 1. The molecule has 0 radical (unpaired) electrons. The van der Waals surface area contributed by atoms with Crippen molar-refractivity contribution in [2.45, 2.75) is 51.7 Å². The normalized spacial score (nSPS) is 18.5. The van der Waals surface area contributed by atoms with E-state index in [1.165, 1.54) is 54.4 Å². The lowest BCUT2D eigenvalue weighted by Gasteiger charge is -2.18. The van der Waals surface area contributed by atoms with E-state index in [0.717, 1.165) is 12.6 Å². The molecule has 0 unspecified atom stereocenters. The van der Waals surface area contributed by atoms with Gasteiger partial charge in [0.15, 0.2) is 0 Å². The largest absolute Gasteiger partial charge is 0.345 e. The number of hydrogen-bond donors (Lipinski definition) is 1. The highest BCUT2D eigenvalue weighted by molar-refractivity contribution is 5.85. The lowest BCUT2D eigenvalue weighted by atomic mass is 10.0. The summed E-state index contributed by atoms with van der Waals surface area (Å²) in [4.78, 5) is 0. The van der Waals surface area contributed by atoms with Gasteiger partial charge in [-0.2, -0.15) is 0 Å². The Morgan fingerprint density at radius 2 is 2.17 bits per heavy atom. The highest BCUT2D eigenvalue weighted by Gasteiger charge is 2.21. The molecule has 94 valence electrons. The van der Waals surface area contributed by atoms with Gasteiger partial charge in [0.2, 0.25) is 0 Å². The van der Waals surface area contributed by atoms with Crippen LogP contribution in [0.5, 0.6) is 0 Å². The van der Waals surface area contributed by atoms with Gasteiger partial charge in [-0.1, -0.05) is 6.07 Å². The van der Waals surface area contributed by atoms with Gasteiger partial charge < -0.3 is 9.88 Å².